The monoisotopic (exact) mass is 1960 g/mol. The zero-order valence-electron chi connectivity index (χ0n) is 78.6. The van der Waals surface area contributed by atoms with Crippen LogP contribution in [0.25, 0.3) is 27.9 Å². The number of aliphatic hydroxyl groups excluding tert-OH is 1. The number of H-pyrrole nitrogens is 5. The first-order chi connectivity index (χ1) is 67.5. The molecule has 730 valence electrons. The Morgan fingerprint density at radius 2 is 0.686 bits per heavy atom. The maximum Gasteiger partial charge on any atom is 0.267 e. The smallest absolute Gasteiger partial charge is 0.267 e. The summed E-state index contributed by atoms with van der Waals surface area (Å²) in [5.41, 5.74) is 14.0. The van der Waals surface area contributed by atoms with Gasteiger partial charge in [0.05, 0.1) is 42.1 Å². The summed E-state index contributed by atoms with van der Waals surface area (Å²) in [6.07, 6.45) is 28.8. The number of pyridine rings is 5. The van der Waals surface area contributed by atoms with Crippen molar-refractivity contribution in [1.29, 1.82) is 0 Å². The van der Waals surface area contributed by atoms with Gasteiger partial charge in [-0.1, -0.05) is 138 Å². The third-order valence-corrected chi connectivity index (χ3v) is 27.0. The second-order valence-electron chi connectivity index (χ2n) is 37.7. The Labute approximate surface area is 823 Å². The molecule has 5 aromatic carbocycles. The molecule has 5 amide bonds. The molecule has 5 aliphatic carbocycles. The van der Waals surface area contributed by atoms with E-state index < -0.39 is 11.6 Å². The quantitative estimate of drug-likeness (QED) is 0.0228. The Bertz CT molecular complexity index is 6790. The van der Waals surface area contributed by atoms with Gasteiger partial charge in [-0.3, -0.25) is 47.9 Å². The summed E-state index contributed by atoms with van der Waals surface area (Å²) in [7, 11) is 1.42. The molecular formula is C110H115Cl3F2N10O15. The van der Waals surface area contributed by atoms with E-state index in [1.807, 2.05) is 155 Å². The van der Waals surface area contributed by atoms with Crippen LogP contribution in [0.1, 0.15) is 277 Å². The van der Waals surface area contributed by atoms with E-state index >= 15 is 0 Å². The number of aromatic amines is 5. The number of benzene rings is 5. The van der Waals surface area contributed by atoms with Gasteiger partial charge >= 0.3 is 0 Å². The van der Waals surface area contributed by atoms with E-state index in [1.165, 1.54) is 38.2 Å². The molecule has 5 aliphatic heterocycles. The van der Waals surface area contributed by atoms with E-state index in [2.05, 4.69) is 51.5 Å². The number of ether oxygens (including phenoxy) is 4. The SMILES string of the molecule is CC(C)Oc1ccc(/C(=C\[C@H]2CCC(=O)N2)c2ccc(C3CC3)c(=O)[nH]2)cc1.CC(C)Oc1ccc(/C(=C\[C@H]2CCC(=O)N2)c2ccc(C3CC3)c(=O)[nH]2)cc1F.COc1cc(F)c(/C(=C\[C@H]2CCC(=O)N2)c2ccc(C3CC3)c(=O)[nH]2)cc1Cl.O=C1CC[C@H](/C=C(\c2ccc(CO)cc2)c2ccc(Cl)c(=O)[nH]2)N1.O=C1CC[C@H](/C=C(\c2ccc(OC3CCCC3)c(Cl)c2)c2ccc(C3CC3)c(=O)[nH]2)N1. The van der Waals surface area contributed by atoms with Gasteiger partial charge in [0.2, 0.25) is 29.5 Å². The number of rotatable bonds is 27. The molecule has 140 heavy (non-hydrogen) atoms. The summed E-state index contributed by atoms with van der Waals surface area (Å²) in [6.45, 7) is 7.64. The number of aromatic nitrogens is 5. The Kier molecular flexibility index (Phi) is 32.3. The number of hydrogen-bond acceptors (Lipinski definition) is 15. The van der Waals surface area contributed by atoms with E-state index in [0.29, 0.717) is 113 Å². The van der Waals surface area contributed by atoms with Crippen LogP contribution in [0, 0.1) is 11.6 Å². The predicted octanol–water partition coefficient (Wildman–Crippen LogP) is 18.6. The maximum absolute atomic E-state index is 14.9. The van der Waals surface area contributed by atoms with Crippen molar-refractivity contribution in [1.82, 2.24) is 51.5 Å². The maximum atomic E-state index is 14.9. The lowest BCUT2D eigenvalue weighted by molar-refractivity contribution is -0.120. The van der Waals surface area contributed by atoms with E-state index in [4.69, 9.17) is 53.8 Å². The number of methoxy groups -OCH3 is 1. The highest BCUT2D eigenvalue weighted by atomic mass is 35.5. The van der Waals surface area contributed by atoms with Crippen molar-refractivity contribution in [3.63, 3.8) is 0 Å². The molecule has 5 saturated carbocycles. The van der Waals surface area contributed by atoms with Crippen LogP contribution >= 0.6 is 34.8 Å². The molecule has 0 spiro atoms. The van der Waals surface area contributed by atoms with E-state index in [1.54, 1.807) is 42.5 Å². The molecule has 5 aromatic heterocycles. The molecule has 5 atom stereocenters. The summed E-state index contributed by atoms with van der Waals surface area (Å²) in [4.78, 5) is 135. The molecule has 10 aromatic rings. The van der Waals surface area contributed by atoms with Crippen LogP contribution in [-0.4, -0.2) is 115 Å². The topological polar surface area (TPSA) is 367 Å². The molecule has 0 radical (unpaired) electrons. The minimum absolute atomic E-state index is 0.00460. The predicted molar refractivity (Wildman–Crippen MR) is 538 cm³/mol. The molecule has 30 heteroatoms. The molecule has 0 bridgehead atoms. The molecular weight excluding hydrogens is 1850 g/mol. The second-order valence-corrected chi connectivity index (χ2v) is 39.0. The Morgan fingerprint density at radius 1 is 0.350 bits per heavy atom. The summed E-state index contributed by atoms with van der Waals surface area (Å²) in [6, 6.07) is 46.4. The van der Waals surface area contributed by atoms with Crippen LogP contribution in [0.5, 0.6) is 23.0 Å². The Balaban J connectivity index is 0.000000126. The summed E-state index contributed by atoms with van der Waals surface area (Å²) < 4.78 is 51.9. The molecule has 0 unspecified atom stereocenters. The minimum Gasteiger partial charge on any atom is -0.495 e. The molecule has 10 fully saturated rings. The normalized spacial score (nSPS) is 19.9. The average Bonchev–Trinajstić information content (AvgIpc) is 1.76. The van der Waals surface area contributed by atoms with Crippen molar-refractivity contribution in [3.8, 4) is 23.0 Å². The highest BCUT2D eigenvalue weighted by Crippen LogP contribution is 2.44. The van der Waals surface area contributed by atoms with Gasteiger partial charge in [0.15, 0.2) is 11.6 Å². The zero-order chi connectivity index (χ0) is 98.5. The van der Waals surface area contributed by atoms with Gasteiger partial charge in [-0.25, -0.2) is 8.78 Å². The Morgan fingerprint density at radius 3 is 1.02 bits per heavy atom. The van der Waals surface area contributed by atoms with Gasteiger partial charge in [-0.15, -0.1) is 0 Å². The van der Waals surface area contributed by atoms with Crippen molar-refractivity contribution < 1.29 is 56.8 Å². The molecule has 10 aliphatic rings. The van der Waals surface area contributed by atoms with Crippen LogP contribution < -0.4 is 73.3 Å². The number of amides is 5. The fourth-order valence-corrected chi connectivity index (χ4v) is 18.8. The first-order valence-corrected chi connectivity index (χ1v) is 49.5. The highest BCUT2D eigenvalue weighted by molar-refractivity contribution is 6.32. The zero-order valence-corrected chi connectivity index (χ0v) is 80.9. The first kappa shape index (κ1) is 99.8. The first-order valence-electron chi connectivity index (χ1n) is 48.3. The number of nitrogens with one attached hydrogen (secondary N) is 10. The molecule has 20 rings (SSSR count). The van der Waals surface area contributed by atoms with Gasteiger partial charge in [-0.2, -0.15) is 0 Å². The van der Waals surface area contributed by atoms with Gasteiger partial charge in [0.1, 0.15) is 28.1 Å². The summed E-state index contributed by atoms with van der Waals surface area (Å²) in [5.74, 6) is 2.49. The van der Waals surface area contributed by atoms with Crippen molar-refractivity contribution in [2.75, 3.05) is 7.11 Å². The molecule has 10 heterocycles. The van der Waals surface area contributed by atoms with Crippen molar-refractivity contribution >= 4 is 92.2 Å². The van der Waals surface area contributed by atoms with E-state index in [0.717, 1.165) is 162 Å². The summed E-state index contributed by atoms with van der Waals surface area (Å²) in [5, 5.41) is 24.8. The third-order valence-electron chi connectivity index (χ3n) is 26.1. The minimum atomic E-state index is -0.524. The second kappa shape index (κ2) is 45.4. The standard InChI is InChI=1S/C25H27ClN2O3.C23H25FN2O3.C23H26N2O3.C21H20ClFN2O3.C18H17ClN2O3/c26-21-13-16(7-11-23(21)31-18-3-1-2-4-18)20(14-17-8-12-24(29)27-17)22-10-9-19(15-5-6-15)25(30)28-22;1-13(2)29-21-9-5-15(11-19(21)24)18(12-16-6-10-22(27)25-16)20-8-7-17(14-3-4-14)23(28)26-20;1-14(2)28-18-8-5-16(6-9-18)20(13-17-7-12-22(26)24-17)21-11-10-19(15-3-4-15)23(27)25-21;1-28-19-10-17(23)14(9-16(19)22)15(8-12-4-7-20(26)24-12)18-6-5-13(11-2-3-11)21(27)25-18;19-15-6-7-16(21-18(15)24)14(9-13-5-8-17(23)20-13)12-3-1-11(10-22)2-4-12/h7,9-11,13-15,17-18H,1-6,8,12H2,(H,27,29)(H,28,30);5,7-9,11-14,16H,3-4,6,10H2,1-2H3,(H,25,27)(H,26,28);5-6,8-11,13-15,17H,3-4,7,12H2,1-2H3,(H,24,26)(H,25,27);5-6,8-12H,2-4,7H2,1H3,(H,24,26)(H,25,27);1-4,6-7,9,13,22H,5,8,10H2,(H,20,23)(H,21,24)/b20-14+;18-12+;20-13+;15-8+;14-9+/t17-;16-;17-;12-;13-/m11111/s1. The molecule has 11 N–H and O–H groups in total. The summed E-state index contributed by atoms with van der Waals surface area (Å²) >= 11 is 18.6. The average molecular weight is 1960 g/mol. The lowest BCUT2D eigenvalue weighted by atomic mass is 9.97. The fourth-order valence-electron chi connectivity index (χ4n) is 18.2. The third kappa shape index (κ3) is 26.3. The fraction of sp³-hybridized carbons (Fsp3) is 0.364. The van der Waals surface area contributed by atoms with Crippen molar-refractivity contribution in [2.24, 2.45) is 0 Å². The van der Waals surface area contributed by atoms with Gasteiger partial charge < -0.3 is 75.6 Å². The van der Waals surface area contributed by atoms with Gasteiger partial charge in [0, 0.05) is 153 Å². The Hall–Kier alpha value is -13.2. The van der Waals surface area contributed by atoms with E-state index in [9.17, 15) is 61.8 Å². The lowest BCUT2D eigenvalue weighted by Crippen LogP contribution is -2.24. The van der Waals surface area contributed by atoms with E-state index in [-0.39, 0.29) is 140 Å². The van der Waals surface area contributed by atoms with Crippen LogP contribution in [-0.2, 0) is 30.6 Å². The van der Waals surface area contributed by atoms with Crippen molar-refractivity contribution in [3.05, 3.63) is 351 Å². The van der Waals surface area contributed by atoms with Crippen LogP contribution in [0.15, 0.2) is 212 Å². The van der Waals surface area contributed by atoms with Crippen LogP contribution in [0.4, 0.5) is 8.78 Å². The molecule has 5 saturated heterocycles. The lowest BCUT2D eigenvalue weighted by Gasteiger charge is -2.17. The largest absolute Gasteiger partial charge is 0.495 e. The van der Waals surface area contributed by atoms with Crippen molar-refractivity contribution in [2.45, 2.75) is 248 Å². The number of carbonyl (C=O) groups excluding carboxylic acids is 5. The molecule has 25 nitrogen and oxygen atoms in total. The van der Waals surface area contributed by atoms with Crippen LogP contribution in [0.3, 0.4) is 0 Å². The number of aliphatic hydroxyl groups is 1. The van der Waals surface area contributed by atoms with Gasteiger partial charge in [-0.05, 0) is 267 Å². The highest BCUT2D eigenvalue weighted by Gasteiger charge is 2.34. The van der Waals surface area contributed by atoms with Crippen LogP contribution in [0.2, 0.25) is 15.1 Å². The number of carbonyl (C=O) groups is 5. The van der Waals surface area contributed by atoms with Gasteiger partial charge in [0.25, 0.3) is 27.8 Å². The number of halogens is 5. The number of hydrogen-bond donors (Lipinski definition) is 11.